The summed E-state index contributed by atoms with van der Waals surface area (Å²) in [6.07, 6.45) is 5.67. The molecule has 1 saturated heterocycles. The predicted octanol–water partition coefficient (Wildman–Crippen LogP) is 1.50. The largest absolute Gasteiger partial charge is 0.381 e. The van der Waals surface area contributed by atoms with Crippen molar-refractivity contribution in [2.24, 2.45) is 0 Å². The van der Waals surface area contributed by atoms with Crippen molar-refractivity contribution in [1.29, 1.82) is 0 Å². The third kappa shape index (κ3) is 1.35. The lowest BCUT2D eigenvalue weighted by Crippen LogP contribution is -2.16. The van der Waals surface area contributed by atoms with Crippen LogP contribution in [-0.4, -0.2) is 37.8 Å². The summed E-state index contributed by atoms with van der Waals surface area (Å²) in [4.78, 5) is 7.44. The lowest BCUT2D eigenvalue weighted by molar-refractivity contribution is 0.0834. The van der Waals surface area contributed by atoms with Crippen LogP contribution in [-0.2, 0) is 4.74 Å². The van der Waals surface area contributed by atoms with E-state index < -0.39 is 0 Å². The number of fused-ring (bicyclic) bond motifs is 3. The summed E-state index contributed by atoms with van der Waals surface area (Å²) in [5, 5.41) is 8.57. The SMILES string of the molecule is c1cc2c(ncc3nnc(C4CCOCC4)n32)[nH]1. The molecule has 3 aromatic rings. The molecule has 4 heterocycles. The molecule has 1 aliphatic heterocycles. The Kier molecular flexibility index (Phi) is 2.10. The van der Waals surface area contributed by atoms with Crippen molar-refractivity contribution in [2.75, 3.05) is 13.2 Å². The van der Waals surface area contributed by atoms with E-state index in [1.165, 1.54) is 0 Å². The van der Waals surface area contributed by atoms with Gasteiger partial charge in [-0.1, -0.05) is 0 Å². The maximum Gasteiger partial charge on any atom is 0.179 e. The molecule has 0 radical (unpaired) electrons. The molecule has 0 aromatic carbocycles. The first-order valence-electron chi connectivity index (χ1n) is 6.18. The normalized spacial score (nSPS) is 17.8. The molecule has 0 aliphatic carbocycles. The molecule has 6 nitrogen and oxygen atoms in total. The van der Waals surface area contributed by atoms with Gasteiger partial charge < -0.3 is 9.72 Å². The summed E-state index contributed by atoms with van der Waals surface area (Å²) in [5.74, 6) is 1.45. The zero-order valence-corrected chi connectivity index (χ0v) is 9.83. The van der Waals surface area contributed by atoms with Gasteiger partial charge in [-0.05, 0) is 18.9 Å². The first-order valence-corrected chi connectivity index (χ1v) is 6.18. The molecular formula is C12H13N5O. The van der Waals surface area contributed by atoms with E-state index in [0.717, 1.165) is 48.7 Å². The molecule has 0 unspecified atom stereocenters. The fraction of sp³-hybridized carbons (Fsp3) is 0.417. The zero-order chi connectivity index (χ0) is 11.9. The molecule has 1 N–H and O–H groups in total. The predicted molar refractivity (Wildman–Crippen MR) is 65.4 cm³/mol. The first kappa shape index (κ1) is 10.0. The number of H-pyrrole nitrogens is 1. The second-order valence-corrected chi connectivity index (χ2v) is 4.61. The van der Waals surface area contributed by atoms with Crippen molar-refractivity contribution in [3.05, 3.63) is 24.3 Å². The molecule has 1 fully saturated rings. The van der Waals surface area contributed by atoms with Crippen molar-refractivity contribution in [1.82, 2.24) is 24.6 Å². The highest BCUT2D eigenvalue weighted by molar-refractivity contribution is 5.74. The van der Waals surface area contributed by atoms with E-state index in [0.29, 0.717) is 5.92 Å². The average molecular weight is 243 g/mol. The van der Waals surface area contributed by atoms with E-state index >= 15 is 0 Å². The highest BCUT2D eigenvalue weighted by Crippen LogP contribution is 2.27. The number of rotatable bonds is 1. The molecule has 0 spiro atoms. The van der Waals surface area contributed by atoms with E-state index in [1.54, 1.807) is 6.20 Å². The van der Waals surface area contributed by atoms with Crippen LogP contribution >= 0.6 is 0 Å². The van der Waals surface area contributed by atoms with Crippen LogP contribution in [0.5, 0.6) is 0 Å². The first-order chi connectivity index (χ1) is 8.93. The molecule has 0 saturated carbocycles. The smallest absolute Gasteiger partial charge is 0.179 e. The number of nitrogens with one attached hydrogen (secondary N) is 1. The van der Waals surface area contributed by atoms with E-state index in [1.807, 2.05) is 12.3 Å². The van der Waals surface area contributed by atoms with E-state index in [9.17, 15) is 0 Å². The Morgan fingerprint density at radius 1 is 1.28 bits per heavy atom. The van der Waals surface area contributed by atoms with Gasteiger partial charge in [0.15, 0.2) is 11.3 Å². The minimum atomic E-state index is 0.425. The topological polar surface area (TPSA) is 68.1 Å². The van der Waals surface area contributed by atoms with E-state index in [4.69, 9.17) is 4.74 Å². The van der Waals surface area contributed by atoms with Gasteiger partial charge in [0.25, 0.3) is 0 Å². The summed E-state index contributed by atoms with van der Waals surface area (Å²) in [7, 11) is 0. The van der Waals surface area contributed by atoms with Crippen LogP contribution in [0.3, 0.4) is 0 Å². The number of hydrogen-bond acceptors (Lipinski definition) is 4. The van der Waals surface area contributed by atoms with Crippen LogP contribution in [0.2, 0.25) is 0 Å². The fourth-order valence-electron chi connectivity index (χ4n) is 2.62. The van der Waals surface area contributed by atoms with Crippen molar-refractivity contribution < 1.29 is 4.74 Å². The van der Waals surface area contributed by atoms with Gasteiger partial charge in [0.1, 0.15) is 5.82 Å². The van der Waals surface area contributed by atoms with Gasteiger partial charge >= 0.3 is 0 Å². The average Bonchev–Trinajstić information content (AvgIpc) is 3.05. The van der Waals surface area contributed by atoms with Gasteiger partial charge in [-0.25, -0.2) is 4.98 Å². The van der Waals surface area contributed by atoms with Crippen LogP contribution in [0.25, 0.3) is 16.8 Å². The monoisotopic (exact) mass is 243 g/mol. The maximum absolute atomic E-state index is 5.41. The Morgan fingerprint density at radius 2 is 2.17 bits per heavy atom. The van der Waals surface area contributed by atoms with Crippen LogP contribution in [0.15, 0.2) is 18.5 Å². The summed E-state index contributed by atoms with van der Waals surface area (Å²) in [6.45, 7) is 1.61. The Balaban J connectivity index is 1.96. The minimum Gasteiger partial charge on any atom is -0.381 e. The molecule has 3 aromatic heterocycles. The van der Waals surface area contributed by atoms with Crippen molar-refractivity contribution in [2.45, 2.75) is 18.8 Å². The highest BCUT2D eigenvalue weighted by Gasteiger charge is 2.22. The Bertz CT molecular complexity index is 695. The van der Waals surface area contributed by atoms with E-state index in [-0.39, 0.29) is 0 Å². The van der Waals surface area contributed by atoms with Gasteiger partial charge in [0.05, 0.1) is 11.7 Å². The van der Waals surface area contributed by atoms with Gasteiger partial charge in [-0.15, -0.1) is 10.2 Å². The van der Waals surface area contributed by atoms with Crippen molar-refractivity contribution in [3.63, 3.8) is 0 Å². The lowest BCUT2D eigenvalue weighted by Gasteiger charge is -2.20. The second-order valence-electron chi connectivity index (χ2n) is 4.61. The van der Waals surface area contributed by atoms with Gasteiger partial charge in [0, 0.05) is 25.3 Å². The van der Waals surface area contributed by atoms with E-state index in [2.05, 4.69) is 24.6 Å². The molecule has 6 heteroatoms. The maximum atomic E-state index is 5.41. The number of ether oxygens (including phenoxy) is 1. The van der Waals surface area contributed by atoms with Crippen LogP contribution < -0.4 is 0 Å². The Morgan fingerprint density at radius 3 is 3.06 bits per heavy atom. The molecule has 0 atom stereocenters. The second kappa shape index (κ2) is 3.78. The van der Waals surface area contributed by atoms with Crippen LogP contribution in [0.1, 0.15) is 24.6 Å². The Labute approximate surface area is 103 Å². The van der Waals surface area contributed by atoms with Gasteiger partial charge in [0.2, 0.25) is 0 Å². The molecule has 1 aliphatic rings. The third-order valence-corrected chi connectivity index (χ3v) is 3.55. The van der Waals surface area contributed by atoms with Crippen molar-refractivity contribution >= 4 is 16.8 Å². The molecule has 18 heavy (non-hydrogen) atoms. The molecular weight excluding hydrogens is 230 g/mol. The Hall–Kier alpha value is -1.95. The summed E-state index contributed by atoms with van der Waals surface area (Å²) < 4.78 is 7.51. The summed E-state index contributed by atoms with van der Waals surface area (Å²) >= 11 is 0. The van der Waals surface area contributed by atoms with Crippen molar-refractivity contribution in [3.8, 4) is 0 Å². The summed E-state index contributed by atoms with van der Waals surface area (Å²) in [6, 6.07) is 2.02. The standard InChI is InChI=1S/C12H13N5O/c1-4-13-11-9(1)17-10(7-14-11)15-16-12(17)8-2-5-18-6-3-8/h1,4,7-8,13H,2-3,5-6H2. The fourth-order valence-corrected chi connectivity index (χ4v) is 2.62. The third-order valence-electron chi connectivity index (χ3n) is 3.55. The zero-order valence-electron chi connectivity index (χ0n) is 9.83. The molecule has 4 rings (SSSR count). The number of aromatic amines is 1. The number of aromatic nitrogens is 5. The summed E-state index contributed by atoms with van der Waals surface area (Å²) in [5.41, 5.74) is 2.72. The van der Waals surface area contributed by atoms with Crippen LogP contribution in [0.4, 0.5) is 0 Å². The van der Waals surface area contributed by atoms with Gasteiger partial charge in [-0.2, -0.15) is 0 Å². The van der Waals surface area contributed by atoms with Crippen LogP contribution in [0, 0.1) is 0 Å². The minimum absolute atomic E-state index is 0.425. The van der Waals surface area contributed by atoms with Gasteiger partial charge in [-0.3, -0.25) is 4.40 Å². The number of hydrogen-bond donors (Lipinski definition) is 1. The quantitative estimate of drug-likeness (QED) is 0.703. The molecule has 0 bridgehead atoms. The molecule has 92 valence electrons. The number of nitrogens with zero attached hydrogens (tertiary/aromatic N) is 4. The lowest BCUT2D eigenvalue weighted by atomic mass is 9.99. The molecule has 0 amide bonds. The highest BCUT2D eigenvalue weighted by atomic mass is 16.5.